The van der Waals surface area contributed by atoms with Crippen LogP contribution in [0.5, 0.6) is 0 Å². The highest BCUT2D eigenvalue weighted by Gasteiger charge is 2.46. The van der Waals surface area contributed by atoms with Gasteiger partial charge in [-0.3, -0.25) is 9.59 Å². The van der Waals surface area contributed by atoms with Crippen LogP contribution in [0, 0.1) is 5.92 Å². The molecule has 0 aromatic carbocycles. The second-order valence-electron chi connectivity index (χ2n) is 10.1. The third-order valence-electron chi connectivity index (χ3n) is 6.69. The molecule has 8 heteroatoms. The number of hydrogen-bond acceptors (Lipinski definition) is 8. The zero-order valence-corrected chi connectivity index (χ0v) is 20.9. The maximum absolute atomic E-state index is 12.5. The molecule has 2 saturated heterocycles. The van der Waals surface area contributed by atoms with Crippen molar-refractivity contribution >= 4 is 11.9 Å². The quantitative estimate of drug-likeness (QED) is 0.351. The lowest BCUT2D eigenvalue weighted by molar-refractivity contribution is -0.154. The van der Waals surface area contributed by atoms with Gasteiger partial charge < -0.3 is 29.2 Å². The van der Waals surface area contributed by atoms with E-state index in [1.165, 1.54) is 5.57 Å². The van der Waals surface area contributed by atoms with Gasteiger partial charge in [-0.2, -0.15) is 0 Å². The lowest BCUT2D eigenvalue weighted by atomic mass is 9.94. The zero-order valence-electron chi connectivity index (χ0n) is 20.9. The number of hydrogen-bond donors (Lipinski definition) is 2. The van der Waals surface area contributed by atoms with E-state index in [9.17, 15) is 19.8 Å². The van der Waals surface area contributed by atoms with Crippen LogP contribution in [0.2, 0.25) is 0 Å². The minimum absolute atomic E-state index is 0.0472. The molecule has 3 heterocycles. The number of ether oxygens (including phenoxy) is 4. The molecular formula is C27H40O8. The minimum atomic E-state index is -1.05. The first-order chi connectivity index (χ1) is 16.7. The molecule has 7 atom stereocenters. The number of rotatable bonds is 3. The van der Waals surface area contributed by atoms with Crippen molar-refractivity contribution < 1.29 is 38.7 Å². The molecule has 0 radical (unpaired) electrons. The molecule has 0 spiro atoms. The number of cyclic esters (lactones) is 2. The molecule has 2 N–H and O–H groups in total. The number of esters is 2. The van der Waals surface area contributed by atoms with E-state index in [1.54, 1.807) is 12.2 Å². The number of aliphatic hydroxyl groups is 2. The van der Waals surface area contributed by atoms with Crippen LogP contribution in [0.1, 0.15) is 65.2 Å². The molecule has 0 aromatic heterocycles. The van der Waals surface area contributed by atoms with Crippen molar-refractivity contribution in [1.82, 2.24) is 0 Å². The Balaban J connectivity index is 1.64. The Morgan fingerprint density at radius 2 is 1.94 bits per heavy atom. The second kappa shape index (κ2) is 13.3. The van der Waals surface area contributed by atoms with E-state index in [-0.39, 0.29) is 49.5 Å². The second-order valence-corrected chi connectivity index (χ2v) is 10.1. The van der Waals surface area contributed by atoms with Gasteiger partial charge in [-0.25, -0.2) is 0 Å². The van der Waals surface area contributed by atoms with Crippen LogP contribution in [0.3, 0.4) is 0 Å². The summed E-state index contributed by atoms with van der Waals surface area (Å²) in [5.74, 6) is -0.569. The van der Waals surface area contributed by atoms with Crippen molar-refractivity contribution in [3.63, 3.8) is 0 Å². The van der Waals surface area contributed by atoms with Crippen LogP contribution < -0.4 is 0 Å². The third kappa shape index (κ3) is 9.52. The standard InChI is InChI=1S/C27H40O8/c1-17-10-12-33-25(30)5-4-6-26(31)34-23(16-24-27(35-24)22(29)15-19(3)13-17)21(28)8-7-20-14-18(2)9-11-32-20/h7-9,17,20-24,27-29H,3-6,10-16H2,1-2H3/b8-7+/t17-,20-,21+,22+,23+,24-,27+/m1/s1. The van der Waals surface area contributed by atoms with Crippen LogP contribution in [0.15, 0.2) is 36.0 Å². The highest BCUT2D eigenvalue weighted by molar-refractivity contribution is 5.72. The number of epoxide rings is 1. The molecule has 0 saturated carbocycles. The number of carbonyl (C=O) groups excluding carboxylic acids is 2. The van der Waals surface area contributed by atoms with Gasteiger partial charge in [-0.1, -0.05) is 42.9 Å². The van der Waals surface area contributed by atoms with Crippen molar-refractivity contribution in [2.24, 2.45) is 5.92 Å². The maximum Gasteiger partial charge on any atom is 0.306 e. The SMILES string of the molecule is C=C1C[C@H](C)CCOC(=O)CCCC(=O)O[C@H]([C@@H](O)/C=C/[C@@H]2CC(C)=CCO2)C[C@H]2O[C@H]2[C@@H](O)C1. The van der Waals surface area contributed by atoms with E-state index in [2.05, 4.69) is 13.5 Å². The molecule has 3 aliphatic rings. The highest BCUT2D eigenvalue weighted by atomic mass is 16.6. The fourth-order valence-corrected chi connectivity index (χ4v) is 4.57. The fourth-order valence-electron chi connectivity index (χ4n) is 4.57. The first-order valence-corrected chi connectivity index (χ1v) is 12.7. The number of fused-ring (bicyclic) bond motifs is 1. The largest absolute Gasteiger partial charge is 0.466 e. The Hall–Kier alpha value is -2.00. The molecule has 0 unspecified atom stereocenters. The molecule has 196 valence electrons. The van der Waals surface area contributed by atoms with E-state index < -0.39 is 24.3 Å². The average Bonchev–Trinajstić information content (AvgIpc) is 3.56. The predicted octanol–water partition coefficient (Wildman–Crippen LogP) is 3.16. The normalized spacial score (nSPS) is 35.2. The van der Waals surface area contributed by atoms with E-state index >= 15 is 0 Å². The summed E-state index contributed by atoms with van der Waals surface area (Å²) < 4.78 is 22.2. The van der Waals surface area contributed by atoms with Crippen LogP contribution in [-0.2, 0) is 28.5 Å². The summed E-state index contributed by atoms with van der Waals surface area (Å²) in [4.78, 5) is 24.4. The lowest BCUT2D eigenvalue weighted by Crippen LogP contribution is -2.33. The van der Waals surface area contributed by atoms with Gasteiger partial charge in [0.05, 0.1) is 31.5 Å². The van der Waals surface area contributed by atoms with Crippen LogP contribution in [0.25, 0.3) is 0 Å². The summed E-state index contributed by atoms with van der Waals surface area (Å²) in [7, 11) is 0. The summed E-state index contributed by atoms with van der Waals surface area (Å²) in [5, 5.41) is 21.4. The molecular weight excluding hydrogens is 452 g/mol. The molecule has 35 heavy (non-hydrogen) atoms. The first kappa shape index (κ1) is 27.6. The van der Waals surface area contributed by atoms with E-state index in [4.69, 9.17) is 18.9 Å². The molecule has 2 fully saturated rings. The van der Waals surface area contributed by atoms with Crippen LogP contribution in [0.4, 0.5) is 0 Å². The van der Waals surface area contributed by atoms with Gasteiger partial charge in [0.25, 0.3) is 0 Å². The molecule has 3 aliphatic heterocycles. The van der Waals surface area contributed by atoms with Crippen LogP contribution in [-0.4, -0.2) is 72.0 Å². The van der Waals surface area contributed by atoms with E-state index in [1.807, 2.05) is 13.0 Å². The Morgan fingerprint density at radius 3 is 2.71 bits per heavy atom. The summed E-state index contributed by atoms with van der Waals surface area (Å²) in [6.07, 6.45) is 5.30. The lowest BCUT2D eigenvalue weighted by Gasteiger charge is -2.23. The molecule has 0 amide bonds. The summed E-state index contributed by atoms with van der Waals surface area (Å²) in [6, 6.07) is 0. The Kier molecular flexibility index (Phi) is 10.5. The van der Waals surface area contributed by atoms with E-state index in [0.29, 0.717) is 32.5 Å². The van der Waals surface area contributed by atoms with Gasteiger partial charge in [0.1, 0.15) is 18.3 Å². The van der Waals surface area contributed by atoms with Crippen molar-refractivity contribution in [1.29, 1.82) is 0 Å². The molecule has 0 aliphatic carbocycles. The molecule has 8 nitrogen and oxygen atoms in total. The van der Waals surface area contributed by atoms with Gasteiger partial charge in [0.2, 0.25) is 0 Å². The van der Waals surface area contributed by atoms with Gasteiger partial charge in [0.15, 0.2) is 0 Å². The van der Waals surface area contributed by atoms with Gasteiger partial charge >= 0.3 is 11.9 Å². The predicted molar refractivity (Wildman–Crippen MR) is 129 cm³/mol. The van der Waals surface area contributed by atoms with Gasteiger partial charge in [-0.05, 0) is 44.9 Å². The number of aliphatic hydroxyl groups excluding tert-OH is 2. The maximum atomic E-state index is 12.5. The summed E-state index contributed by atoms with van der Waals surface area (Å²) in [6.45, 7) is 9.02. The Bertz CT molecular complexity index is 803. The van der Waals surface area contributed by atoms with Gasteiger partial charge in [0, 0.05) is 19.3 Å². The highest BCUT2D eigenvalue weighted by Crippen LogP contribution is 2.34. The van der Waals surface area contributed by atoms with E-state index in [0.717, 1.165) is 18.4 Å². The minimum Gasteiger partial charge on any atom is -0.466 e. The van der Waals surface area contributed by atoms with Crippen molar-refractivity contribution in [3.8, 4) is 0 Å². The van der Waals surface area contributed by atoms with Crippen LogP contribution >= 0.6 is 0 Å². The number of carbonyl (C=O) groups is 2. The molecule has 0 aromatic rings. The Labute approximate surface area is 208 Å². The summed E-state index contributed by atoms with van der Waals surface area (Å²) in [5.41, 5.74) is 2.13. The van der Waals surface area contributed by atoms with Crippen molar-refractivity contribution in [2.75, 3.05) is 13.2 Å². The topological polar surface area (TPSA) is 115 Å². The van der Waals surface area contributed by atoms with Gasteiger partial charge in [-0.15, -0.1) is 0 Å². The average molecular weight is 493 g/mol. The van der Waals surface area contributed by atoms with Crippen molar-refractivity contribution in [3.05, 3.63) is 36.0 Å². The third-order valence-corrected chi connectivity index (χ3v) is 6.69. The fraction of sp³-hybridized carbons (Fsp3) is 0.704. The molecule has 3 rings (SSSR count). The first-order valence-electron chi connectivity index (χ1n) is 12.7. The molecule has 0 bridgehead atoms. The zero-order chi connectivity index (χ0) is 25.4. The smallest absolute Gasteiger partial charge is 0.306 e. The Morgan fingerprint density at radius 1 is 1.17 bits per heavy atom. The monoisotopic (exact) mass is 492 g/mol. The van der Waals surface area contributed by atoms with Crippen molar-refractivity contribution in [2.45, 2.75) is 102 Å². The summed E-state index contributed by atoms with van der Waals surface area (Å²) >= 11 is 0.